The maximum absolute atomic E-state index is 9.61. The summed E-state index contributed by atoms with van der Waals surface area (Å²) < 4.78 is 5.46. The minimum atomic E-state index is -0.509. The Hall–Kier alpha value is -0.160. The third-order valence-electron chi connectivity index (χ3n) is 2.61. The van der Waals surface area contributed by atoms with Gasteiger partial charge in [-0.1, -0.05) is 0 Å². The van der Waals surface area contributed by atoms with E-state index in [0.717, 1.165) is 12.8 Å². The Morgan fingerprint density at radius 3 is 2.38 bits per heavy atom. The summed E-state index contributed by atoms with van der Waals surface area (Å²) in [7, 11) is 0. The predicted octanol–water partition coefficient (Wildman–Crippen LogP) is 0.523. The fourth-order valence-corrected chi connectivity index (χ4v) is 1.45. The first-order valence-electron chi connectivity index (χ1n) is 6.09. The molecule has 0 aliphatic heterocycles. The molecule has 1 aliphatic carbocycles. The van der Waals surface area contributed by atoms with Gasteiger partial charge >= 0.3 is 0 Å². The molecule has 2 unspecified atom stereocenters. The van der Waals surface area contributed by atoms with E-state index in [1.165, 1.54) is 0 Å². The van der Waals surface area contributed by atoms with Crippen LogP contribution in [0.5, 0.6) is 0 Å². The number of aliphatic hydroxyl groups is 2. The molecule has 1 saturated carbocycles. The van der Waals surface area contributed by atoms with Crippen LogP contribution in [0.2, 0.25) is 0 Å². The molecule has 0 aromatic rings. The number of hydrogen-bond acceptors (Lipinski definition) is 4. The highest BCUT2D eigenvalue weighted by Crippen LogP contribution is 2.32. The quantitative estimate of drug-likeness (QED) is 0.598. The van der Waals surface area contributed by atoms with Crippen LogP contribution in [0.3, 0.4) is 0 Å². The zero-order chi connectivity index (χ0) is 12.2. The number of rotatable bonds is 7. The van der Waals surface area contributed by atoms with Gasteiger partial charge in [0.2, 0.25) is 0 Å². The molecule has 0 radical (unpaired) electrons. The van der Waals surface area contributed by atoms with Crippen LogP contribution in [0.25, 0.3) is 0 Å². The van der Waals surface area contributed by atoms with Gasteiger partial charge in [0.05, 0.1) is 24.4 Å². The molecule has 0 spiro atoms. The second-order valence-electron chi connectivity index (χ2n) is 5.64. The van der Waals surface area contributed by atoms with Crippen molar-refractivity contribution in [1.29, 1.82) is 0 Å². The molecule has 2 atom stereocenters. The summed E-state index contributed by atoms with van der Waals surface area (Å²) in [4.78, 5) is 0. The Bertz CT molecular complexity index is 199. The first-order valence-corrected chi connectivity index (χ1v) is 6.09. The second-order valence-corrected chi connectivity index (χ2v) is 5.64. The molecule has 3 N–H and O–H groups in total. The second kappa shape index (κ2) is 5.96. The molecular formula is C12H25NO3. The van der Waals surface area contributed by atoms with Crippen LogP contribution in [0.1, 0.15) is 33.6 Å². The minimum Gasteiger partial charge on any atom is -0.392 e. The average Bonchev–Trinajstić information content (AvgIpc) is 2.96. The first kappa shape index (κ1) is 13.9. The Morgan fingerprint density at radius 1 is 1.25 bits per heavy atom. The zero-order valence-electron chi connectivity index (χ0n) is 10.6. The topological polar surface area (TPSA) is 61.7 Å². The van der Waals surface area contributed by atoms with Crippen molar-refractivity contribution in [3.63, 3.8) is 0 Å². The Labute approximate surface area is 98.0 Å². The maximum atomic E-state index is 9.61. The van der Waals surface area contributed by atoms with Crippen LogP contribution < -0.4 is 5.32 Å². The highest BCUT2D eigenvalue weighted by atomic mass is 16.5. The van der Waals surface area contributed by atoms with Gasteiger partial charge in [0.1, 0.15) is 0 Å². The Morgan fingerprint density at radius 2 is 1.88 bits per heavy atom. The van der Waals surface area contributed by atoms with Gasteiger partial charge in [-0.05, 0) is 39.5 Å². The van der Waals surface area contributed by atoms with E-state index < -0.39 is 6.10 Å². The Kier molecular flexibility index (Phi) is 5.18. The van der Waals surface area contributed by atoms with Crippen molar-refractivity contribution in [1.82, 2.24) is 5.32 Å². The molecule has 0 saturated heterocycles. The fourth-order valence-electron chi connectivity index (χ4n) is 1.45. The smallest absolute Gasteiger partial charge is 0.0897 e. The van der Waals surface area contributed by atoms with Gasteiger partial charge in [-0.15, -0.1) is 0 Å². The summed E-state index contributed by atoms with van der Waals surface area (Å²) in [6.45, 7) is 7.26. The molecule has 4 nitrogen and oxygen atoms in total. The standard InChI is InChI=1S/C12H25NO3/c1-12(2,3)16-8-10(14)6-13-7-11(15)9-4-5-9/h9-11,13-15H,4-8H2,1-3H3. The lowest BCUT2D eigenvalue weighted by molar-refractivity contribution is -0.0483. The van der Waals surface area contributed by atoms with Crippen molar-refractivity contribution < 1.29 is 14.9 Å². The van der Waals surface area contributed by atoms with E-state index in [1.807, 2.05) is 20.8 Å². The summed E-state index contributed by atoms with van der Waals surface area (Å²) in [6, 6.07) is 0. The van der Waals surface area contributed by atoms with Crippen molar-refractivity contribution >= 4 is 0 Å². The van der Waals surface area contributed by atoms with Crippen LogP contribution in [0.4, 0.5) is 0 Å². The summed E-state index contributed by atoms with van der Waals surface area (Å²) in [6.07, 6.45) is 1.51. The molecule has 4 heteroatoms. The first-order chi connectivity index (χ1) is 7.38. The number of aliphatic hydroxyl groups excluding tert-OH is 2. The molecule has 96 valence electrons. The van der Waals surface area contributed by atoms with Gasteiger partial charge in [0.25, 0.3) is 0 Å². The molecular weight excluding hydrogens is 206 g/mol. The largest absolute Gasteiger partial charge is 0.392 e. The molecule has 0 bridgehead atoms. The van der Waals surface area contributed by atoms with E-state index in [0.29, 0.717) is 25.6 Å². The number of hydrogen-bond donors (Lipinski definition) is 3. The van der Waals surface area contributed by atoms with Crippen LogP contribution in [0, 0.1) is 5.92 Å². The van der Waals surface area contributed by atoms with E-state index in [4.69, 9.17) is 4.74 Å². The predicted molar refractivity (Wildman–Crippen MR) is 63.3 cm³/mol. The summed E-state index contributed by atoms with van der Waals surface area (Å²) in [5.74, 6) is 0.482. The van der Waals surface area contributed by atoms with E-state index in [-0.39, 0.29) is 11.7 Å². The lowest BCUT2D eigenvalue weighted by Crippen LogP contribution is -2.37. The van der Waals surface area contributed by atoms with Gasteiger partial charge in [-0.3, -0.25) is 0 Å². The van der Waals surface area contributed by atoms with Crippen LogP contribution >= 0.6 is 0 Å². The molecule has 16 heavy (non-hydrogen) atoms. The fraction of sp³-hybridized carbons (Fsp3) is 1.00. The monoisotopic (exact) mass is 231 g/mol. The van der Waals surface area contributed by atoms with E-state index in [1.54, 1.807) is 0 Å². The lowest BCUT2D eigenvalue weighted by Gasteiger charge is -2.22. The lowest BCUT2D eigenvalue weighted by atomic mass is 10.2. The van der Waals surface area contributed by atoms with Gasteiger partial charge in [-0.25, -0.2) is 0 Å². The molecule has 1 rings (SSSR count). The third kappa shape index (κ3) is 6.43. The van der Waals surface area contributed by atoms with Crippen molar-refractivity contribution in [2.45, 2.75) is 51.4 Å². The molecule has 1 aliphatic rings. The van der Waals surface area contributed by atoms with Crippen molar-refractivity contribution in [3.05, 3.63) is 0 Å². The average molecular weight is 231 g/mol. The maximum Gasteiger partial charge on any atom is 0.0897 e. The van der Waals surface area contributed by atoms with Crippen LogP contribution in [-0.2, 0) is 4.74 Å². The van der Waals surface area contributed by atoms with Crippen molar-refractivity contribution in [2.75, 3.05) is 19.7 Å². The summed E-state index contributed by atoms with van der Waals surface area (Å²) >= 11 is 0. The van der Waals surface area contributed by atoms with Gasteiger partial charge in [0.15, 0.2) is 0 Å². The van der Waals surface area contributed by atoms with E-state index in [9.17, 15) is 10.2 Å². The van der Waals surface area contributed by atoms with E-state index in [2.05, 4.69) is 5.32 Å². The Balaban J connectivity index is 1.99. The zero-order valence-corrected chi connectivity index (χ0v) is 10.6. The molecule has 0 aromatic heterocycles. The number of ether oxygens (including phenoxy) is 1. The van der Waals surface area contributed by atoms with Gasteiger partial charge in [0, 0.05) is 13.1 Å². The number of nitrogens with one attached hydrogen (secondary N) is 1. The molecule has 0 aromatic carbocycles. The van der Waals surface area contributed by atoms with Crippen LogP contribution in [-0.4, -0.2) is 47.7 Å². The summed E-state index contributed by atoms with van der Waals surface area (Å²) in [5.41, 5.74) is -0.214. The van der Waals surface area contributed by atoms with Crippen molar-refractivity contribution in [2.24, 2.45) is 5.92 Å². The summed E-state index contributed by atoms with van der Waals surface area (Å²) in [5, 5.41) is 22.3. The molecule has 0 amide bonds. The molecule has 1 fully saturated rings. The van der Waals surface area contributed by atoms with E-state index >= 15 is 0 Å². The highest BCUT2D eigenvalue weighted by molar-refractivity contribution is 4.82. The van der Waals surface area contributed by atoms with Gasteiger partial charge in [-0.2, -0.15) is 0 Å². The van der Waals surface area contributed by atoms with Gasteiger partial charge < -0.3 is 20.3 Å². The minimum absolute atomic E-state index is 0.214. The normalized spacial score (nSPS) is 20.8. The SMILES string of the molecule is CC(C)(C)OCC(O)CNCC(O)C1CC1. The molecule has 0 heterocycles. The third-order valence-corrected chi connectivity index (χ3v) is 2.61. The highest BCUT2D eigenvalue weighted by Gasteiger charge is 2.29. The van der Waals surface area contributed by atoms with Crippen LogP contribution in [0.15, 0.2) is 0 Å². The van der Waals surface area contributed by atoms with Crippen molar-refractivity contribution in [3.8, 4) is 0 Å².